The molecule has 2 N–H and O–H groups in total. The molecule has 0 aliphatic heterocycles. The molecule has 0 spiro atoms. The van der Waals surface area contributed by atoms with Gasteiger partial charge in [0, 0.05) is 23.8 Å². The Labute approximate surface area is 119 Å². The van der Waals surface area contributed by atoms with Gasteiger partial charge < -0.3 is 15.2 Å². The van der Waals surface area contributed by atoms with Crippen LogP contribution in [-0.4, -0.2) is 36.4 Å². The minimum absolute atomic E-state index is 0.0633. The summed E-state index contributed by atoms with van der Waals surface area (Å²) < 4.78 is 5.46. The molecule has 0 saturated heterocycles. The third kappa shape index (κ3) is 3.83. The fraction of sp³-hybridized carbons (Fsp3) is 0.438. The molecule has 106 valence electrons. The highest BCUT2D eigenvalue weighted by Crippen LogP contribution is 2.23. The number of hydrogen-bond donors (Lipinski definition) is 2. The highest BCUT2D eigenvalue weighted by molar-refractivity contribution is 5.94. The van der Waals surface area contributed by atoms with Gasteiger partial charge in [-0.3, -0.25) is 4.79 Å². The molecule has 0 aromatic heterocycles. The van der Waals surface area contributed by atoms with Crippen molar-refractivity contribution in [3.63, 3.8) is 0 Å². The van der Waals surface area contributed by atoms with Gasteiger partial charge in [0.25, 0.3) is 5.91 Å². The molecule has 1 aromatic rings. The van der Waals surface area contributed by atoms with Crippen LogP contribution in [0.4, 0.5) is 0 Å². The number of aliphatic hydroxyl groups excluding tert-OH is 1. The third-order valence-corrected chi connectivity index (χ3v) is 3.29. The van der Waals surface area contributed by atoms with Gasteiger partial charge in [0.15, 0.2) is 0 Å². The molecule has 20 heavy (non-hydrogen) atoms. The Kier molecular flexibility index (Phi) is 5.16. The Morgan fingerprint density at radius 3 is 2.70 bits per heavy atom. The van der Waals surface area contributed by atoms with Gasteiger partial charge in [-0.05, 0) is 44.0 Å². The van der Waals surface area contributed by atoms with Crippen molar-refractivity contribution in [2.24, 2.45) is 0 Å². The third-order valence-electron chi connectivity index (χ3n) is 3.29. The number of aliphatic hydroxyl groups is 1. The summed E-state index contributed by atoms with van der Waals surface area (Å²) in [5.74, 6) is 5.30. The Morgan fingerprint density at radius 2 is 2.10 bits per heavy atom. The first kappa shape index (κ1) is 14.6. The Bertz CT molecular complexity index is 507. The molecular formula is C16H19NO3. The molecule has 0 bridgehead atoms. The summed E-state index contributed by atoms with van der Waals surface area (Å²) in [4.78, 5) is 12.0. The zero-order valence-electron chi connectivity index (χ0n) is 11.6. The average Bonchev–Trinajstić information content (AvgIpc) is 2.43. The monoisotopic (exact) mass is 273 g/mol. The summed E-state index contributed by atoms with van der Waals surface area (Å²) in [6.07, 6.45) is 2.07. The van der Waals surface area contributed by atoms with Gasteiger partial charge in [-0.1, -0.05) is 11.8 Å². The van der Waals surface area contributed by atoms with Crippen molar-refractivity contribution in [2.45, 2.75) is 31.9 Å². The number of amides is 1. The molecule has 1 aromatic carbocycles. The van der Waals surface area contributed by atoms with Crippen LogP contribution < -0.4 is 5.32 Å². The van der Waals surface area contributed by atoms with E-state index in [1.54, 1.807) is 24.3 Å². The minimum Gasteiger partial charge on any atom is -0.384 e. The number of nitrogens with one attached hydrogen (secondary N) is 1. The van der Waals surface area contributed by atoms with Crippen molar-refractivity contribution in [3.05, 3.63) is 35.4 Å². The van der Waals surface area contributed by atoms with Gasteiger partial charge in [0.05, 0.1) is 6.10 Å². The van der Waals surface area contributed by atoms with Crippen LogP contribution >= 0.6 is 0 Å². The molecular weight excluding hydrogens is 254 g/mol. The van der Waals surface area contributed by atoms with Crippen molar-refractivity contribution in [1.82, 2.24) is 5.32 Å². The van der Waals surface area contributed by atoms with Crippen LogP contribution in [0.25, 0.3) is 0 Å². The molecule has 1 fully saturated rings. The summed E-state index contributed by atoms with van der Waals surface area (Å²) >= 11 is 0. The predicted octanol–water partition coefficient (Wildman–Crippen LogP) is 1.33. The molecule has 1 amide bonds. The van der Waals surface area contributed by atoms with E-state index < -0.39 is 0 Å². The summed E-state index contributed by atoms with van der Waals surface area (Å²) in [5.41, 5.74) is 1.41. The van der Waals surface area contributed by atoms with Crippen LogP contribution in [-0.2, 0) is 4.74 Å². The maximum atomic E-state index is 12.0. The molecule has 2 rings (SSSR count). The van der Waals surface area contributed by atoms with Gasteiger partial charge in [-0.25, -0.2) is 0 Å². The summed E-state index contributed by atoms with van der Waals surface area (Å²) in [5, 5.41) is 11.6. The Morgan fingerprint density at radius 1 is 1.40 bits per heavy atom. The second-order valence-corrected chi connectivity index (χ2v) is 4.76. The van der Waals surface area contributed by atoms with Crippen LogP contribution in [0.3, 0.4) is 0 Å². The van der Waals surface area contributed by atoms with Crippen LogP contribution in [0.5, 0.6) is 0 Å². The minimum atomic E-state index is -0.162. The van der Waals surface area contributed by atoms with Crippen molar-refractivity contribution >= 4 is 5.91 Å². The maximum absolute atomic E-state index is 12.0. The number of carbonyl (C=O) groups is 1. The van der Waals surface area contributed by atoms with Crippen molar-refractivity contribution in [3.8, 4) is 11.8 Å². The van der Waals surface area contributed by atoms with Crippen molar-refractivity contribution in [1.29, 1.82) is 0 Å². The highest BCUT2D eigenvalue weighted by atomic mass is 16.5. The molecule has 1 saturated carbocycles. The molecule has 4 heteroatoms. The van der Waals surface area contributed by atoms with Crippen LogP contribution in [0.15, 0.2) is 24.3 Å². The molecule has 0 radical (unpaired) electrons. The first-order valence-electron chi connectivity index (χ1n) is 6.85. The Hall–Kier alpha value is -1.83. The summed E-state index contributed by atoms with van der Waals surface area (Å²) in [6, 6.07) is 7.26. The lowest BCUT2D eigenvalue weighted by molar-refractivity contribution is -0.00862. The maximum Gasteiger partial charge on any atom is 0.251 e. The summed E-state index contributed by atoms with van der Waals surface area (Å²) in [7, 11) is 0. The van der Waals surface area contributed by atoms with Gasteiger partial charge in [0.1, 0.15) is 6.61 Å². The Balaban J connectivity index is 1.84. The van der Waals surface area contributed by atoms with E-state index in [2.05, 4.69) is 17.2 Å². The van der Waals surface area contributed by atoms with E-state index in [-0.39, 0.29) is 18.6 Å². The molecule has 4 nitrogen and oxygen atoms in total. The molecule has 0 atom stereocenters. The normalized spacial score (nSPS) is 20.5. The van der Waals surface area contributed by atoms with E-state index in [0.29, 0.717) is 11.7 Å². The number of benzene rings is 1. The number of rotatable bonds is 4. The van der Waals surface area contributed by atoms with E-state index >= 15 is 0 Å². The largest absolute Gasteiger partial charge is 0.384 e. The quantitative estimate of drug-likeness (QED) is 0.814. The fourth-order valence-corrected chi connectivity index (χ4v) is 2.17. The molecule has 1 aliphatic rings. The number of ether oxygens (including phenoxy) is 1. The average molecular weight is 273 g/mol. The first-order chi connectivity index (χ1) is 9.72. The van der Waals surface area contributed by atoms with E-state index in [1.165, 1.54) is 0 Å². The van der Waals surface area contributed by atoms with Gasteiger partial charge in [-0.15, -0.1) is 0 Å². The number of hydrogen-bond acceptors (Lipinski definition) is 3. The second kappa shape index (κ2) is 7.09. The van der Waals surface area contributed by atoms with Crippen molar-refractivity contribution < 1.29 is 14.6 Å². The van der Waals surface area contributed by atoms with Gasteiger partial charge >= 0.3 is 0 Å². The smallest absolute Gasteiger partial charge is 0.251 e. The molecule has 1 aliphatic carbocycles. The number of carbonyl (C=O) groups excluding carboxylic acids is 1. The van der Waals surface area contributed by atoms with E-state index in [1.807, 2.05) is 6.92 Å². The molecule has 0 heterocycles. The van der Waals surface area contributed by atoms with Gasteiger partial charge in [-0.2, -0.15) is 0 Å². The second-order valence-electron chi connectivity index (χ2n) is 4.76. The van der Waals surface area contributed by atoms with E-state index in [4.69, 9.17) is 9.84 Å². The lowest BCUT2D eigenvalue weighted by atomic mass is 9.89. The lowest BCUT2D eigenvalue weighted by Crippen LogP contribution is -2.47. The van der Waals surface area contributed by atoms with Crippen molar-refractivity contribution in [2.75, 3.05) is 13.2 Å². The van der Waals surface area contributed by atoms with E-state index in [9.17, 15) is 4.79 Å². The van der Waals surface area contributed by atoms with Crippen LogP contribution in [0, 0.1) is 11.8 Å². The van der Waals surface area contributed by atoms with Crippen LogP contribution in [0.1, 0.15) is 35.7 Å². The zero-order valence-corrected chi connectivity index (χ0v) is 11.6. The van der Waals surface area contributed by atoms with E-state index in [0.717, 1.165) is 25.0 Å². The lowest BCUT2D eigenvalue weighted by Gasteiger charge is -2.35. The first-order valence-corrected chi connectivity index (χ1v) is 6.85. The summed E-state index contributed by atoms with van der Waals surface area (Å²) in [6.45, 7) is 2.54. The SMILES string of the molecule is CCOC1CC(NC(=O)c2ccc(C#CCO)cc2)C1. The predicted molar refractivity (Wildman–Crippen MR) is 76.3 cm³/mol. The zero-order chi connectivity index (χ0) is 14.4. The highest BCUT2D eigenvalue weighted by Gasteiger charge is 2.30. The standard InChI is InChI=1S/C16H19NO3/c1-2-20-15-10-14(11-15)17-16(19)13-7-5-12(6-8-13)4-3-9-18/h5-8,14-15,18H,2,9-11H2,1H3,(H,17,19). The topological polar surface area (TPSA) is 58.6 Å². The van der Waals surface area contributed by atoms with Crippen LogP contribution in [0.2, 0.25) is 0 Å². The van der Waals surface area contributed by atoms with Gasteiger partial charge in [0.2, 0.25) is 0 Å². The fourth-order valence-electron chi connectivity index (χ4n) is 2.17. The molecule has 0 unspecified atom stereocenters.